The number of amides is 2. The Bertz CT molecular complexity index is 596. The third-order valence-corrected chi connectivity index (χ3v) is 6.25. The van der Waals surface area contributed by atoms with E-state index in [9.17, 15) is 18.0 Å². The fourth-order valence-electron chi connectivity index (χ4n) is 3.36. The lowest BCUT2D eigenvalue weighted by molar-refractivity contribution is -0.133. The van der Waals surface area contributed by atoms with Crippen molar-refractivity contribution >= 4 is 22.0 Å². The molecule has 0 atom stereocenters. The van der Waals surface area contributed by atoms with E-state index in [2.05, 4.69) is 4.90 Å². The van der Waals surface area contributed by atoms with Gasteiger partial charge in [0.2, 0.25) is 15.9 Å². The molecule has 10 heteroatoms. The Morgan fingerprint density at radius 3 is 2.12 bits per heavy atom. The van der Waals surface area contributed by atoms with Crippen LogP contribution in [0.4, 0.5) is 4.79 Å². The summed E-state index contributed by atoms with van der Waals surface area (Å²) in [6.07, 6.45) is 1.77. The van der Waals surface area contributed by atoms with Crippen molar-refractivity contribution in [3.8, 4) is 0 Å². The summed E-state index contributed by atoms with van der Waals surface area (Å²) >= 11 is 0. The van der Waals surface area contributed by atoms with E-state index in [1.807, 2.05) is 7.05 Å². The van der Waals surface area contributed by atoms with Gasteiger partial charge in [-0.1, -0.05) is 0 Å². The monoisotopic (exact) mass is 390 g/mol. The second-order valence-electron chi connectivity index (χ2n) is 6.91. The summed E-state index contributed by atoms with van der Waals surface area (Å²) < 4.78 is 30.8. The lowest BCUT2D eigenvalue weighted by atomic mass is 10.1. The Morgan fingerprint density at radius 1 is 1.04 bits per heavy atom. The number of carbonyl (C=O) groups is 2. The van der Waals surface area contributed by atoms with Gasteiger partial charge in [0.05, 0.1) is 19.4 Å². The molecule has 2 saturated heterocycles. The van der Waals surface area contributed by atoms with Crippen LogP contribution in [0, 0.1) is 0 Å². The molecular weight excluding hydrogens is 360 g/mol. The zero-order valence-electron chi connectivity index (χ0n) is 15.9. The van der Waals surface area contributed by atoms with Gasteiger partial charge in [0, 0.05) is 45.3 Å². The van der Waals surface area contributed by atoms with E-state index in [1.54, 1.807) is 16.7 Å². The lowest BCUT2D eigenvalue weighted by Crippen LogP contribution is -2.54. The Labute approximate surface area is 155 Å². The third-order valence-electron chi connectivity index (χ3n) is 4.97. The maximum atomic E-state index is 12.6. The molecule has 0 unspecified atom stereocenters. The van der Waals surface area contributed by atoms with E-state index in [-0.39, 0.29) is 24.6 Å². The number of hydrogen-bond acceptors (Lipinski definition) is 6. The molecule has 2 aliphatic heterocycles. The molecule has 9 nitrogen and oxygen atoms in total. The smallest absolute Gasteiger partial charge is 0.409 e. The minimum absolute atomic E-state index is 0.132. The zero-order valence-corrected chi connectivity index (χ0v) is 16.7. The standard InChI is InChI=1S/C16H30N4O5S/c1-4-25-16(22)19-7-5-14(6-8-19)20(26(3,23)24)13-15(21)18-11-9-17(2)10-12-18/h14H,4-13H2,1-3H3. The van der Waals surface area contributed by atoms with Gasteiger partial charge in [-0.2, -0.15) is 4.31 Å². The van der Waals surface area contributed by atoms with Gasteiger partial charge >= 0.3 is 6.09 Å². The first kappa shape index (κ1) is 20.9. The third kappa shape index (κ3) is 5.55. The van der Waals surface area contributed by atoms with Crippen molar-refractivity contribution in [1.82, 2.24) is 19.0 Å². The van der Waals surface area contributed by atoms with Gasteiger partial charge in [-0.25, -0.2) is 13.2 Å². The van der Waals surface area contributed by atoms with Crippen LogP contribution >= 0.6 is 0 Å². The summed E-state index contributed by atoms with van der Waals surface area (Å²) in [5.41, 5.74) is 0. The first-order chi connectivity index (χ1) is 12.2. The van der Waals surface area contributed by atoms with Crippen molar-refractivity contribution in [2.24, 2.45) is 0 Å². The van der Waals surface area contributed by atoms with E-state index >= 15 is 0 Å². The topological polar surface area (TPSA) is 90.5 Å². The molecule has 0 spiro atoms. The number of piperidine rings is 1. The fourth-order valence-corrected chi connectivity index (χ4v) is 4.45. The normalized spacial score (nSPS) is 20.5. The van der Waals surface area contributed by atoms with Crippen LogP contribution in [0.1, 0.15) is 19.8 Å². The van der Waals surface area contributed by atoms with Gasteiger partial charge in [-0.05, 0) is 26.8 Å². The van der Waals surface area contributed by atoms with E-state index < -0.39 is 10.0 Å². The predicted molar refractivity (Wildman–Crippen MR) is 97.2 cm³/mol. The van der Waals surface area contributed by atoms with E-state index in [0.717, 1.165) is 19.3 Å². The molecular formula is C16H30N4O5S. The number of likely N-dealkylation sites (tertiary alicyclic amines) is 1. The number of piperazine rings is 1. The highest BCUT2D eigenvalue weighted by Crippen LogP contribution is 2.20. The highest BCUT2D eigenvalue weighted by molar-refractivity contribution is 7.88. The van der Waals surface area contributed by atoms with Crippen LogP contribution in [0.25, 0.3) is 0 Å². The molecule has 0 aromatic heterocycles. The minimum Gasteiger partial charge on any atom is -0.450 e. The molecule has 2 fully saturated rings. The molecule has 2 heterocycles. The average Bonchev–Trinajstić information content (AvgIpc) is 2.59. The molecule has 0 radical (unpaired) electrons. The molecule has 150 valence electrons. The molecule has 0 N–H and O–H groups in total. The largest absolute Gasteiger partial charge is 0.450 e. The number of likely N-dealkylation sites (N-methyl/N-ethyl adjacent to an activating group) is 1. The van der Waals surface area contributed by atoms with E-state index in [0.29, 0.717) is 45.6 Å². The number of hydrogen-bond donors (Lipinski definition) is 0. The molecule has 0 aliphatic carbocycles. The van der Waals surface area contributed by atoms with Crippen LogP contribution < -0.4 is 0 Å². The molecule has 0 aromatic carbocycles. The SMILES string of the molecule is CCOC(=O)N1CCC(N(CC(=O)N2CCN(C)CC2)S(C)(=O)=O)CC1. The summed E-state index contributed by atoms with van der Waals surface area (Å²) in [7, 11) is -1.51. The summed E-state index contributed by atoms with van der Waals surface area (Å²) in [5, 5.41) is 0. The van der Waals surface area contributed by atoms with Gasteiger partial charge < -0.3 is 19.4 Å². The average molecular weight is 391 g/mol. The van der Waals surface area contributed by atoms with Crippen LogP contribution in [0.5, 0.6) is 0 Å². The van der Waals surface area contributed by atoms with Crippen molar-refractivity contribution in [1.29, 1.82) is 0 Å². The summed E-state index contributed by atoms with van der Waals surface area (Å²) in [6.45, 7) is 5.62. The molecule has 0 bridgehead atoms. The lowest BCUT2D eigenvalue weighted by Gasteiger charge is -2.38. The molecule has 2 aliphatic rings. The number of carbonyl (C=O) groups excluding carboxylic acids is 2. The van der Waals surface area contributed by atoms with Crippen LogP contribution in [0.15, 0.2) is 0 Å². The Morgan fingerprint density at radius 2 is 1.62 bits per heavy atom. The van der Waals surface area contributed by atoms with Gasteiger partial charge in [-0.3, -0.25) is 4.79 Å². The maximum Gasteiger partial charge on any atom is 0.409 e. The van der Waals surface area contributed by atoms with Crippen molar-refractivity contribution in [2.45, 2.75) is 25.8 Å². The van der Waals surface area contributed by atoms with Crippen molar-refractivity contribution in [2.75, 3.05) is 65.7 Å². The summed E-state index contributed by atoms with van der Waals surface area (Å²) in [5.74, 6) is -0.156. The van der Waals surface area contributed by atoms with Gasteiger partial charge in [0.15, 0.2) is 0 Å². The Hall–Kier alpha value is -1.39. The van der Waals surface area contributed by atoms with Gasteiger partial charge in [0.25, 0.3) is 0 Å². The highest BCUT2D eigenvalue weighted by atomic mass is 32.2. The van der Waals surface area contributed by atoms with Crippen LogP contribution in [-0.2, 0) is 19.6 Å². The predicted octanol–water partition coefficient (Wildman–Crippen LogP) is -0.357. The maximum absolute atomic E-state index is 12.6. The Balaban J connectivity index is 1.96. The first-order valence-electron chi connectivity index (χ1n) is 9.07. The molecule has 0 aromatic rings. The number of sulfonamides is 1. The number of rotatable bonds is 5. The second-order valence-corrected chi connectivity index (χ2v) is 8.84. The molecule has 0 saturated carbocycles. The fraction of sp³-hybridized carbons (Fsp3) is 0.875. The van der Waals surface area contributed by atoms with E-state index in [1.165, 1.54) is 4.31 Å². The number of ether oxygens (including phenoxy) is 1. The Kier molecular flexibility index (Phi) is 7.24. The van der Waals surface area contributed by atoms with Crippen molar-refractivity contribution < 1.29 is 22.7 Å². The van der Waals surface area contributed by atoms with Gasteiger partial charge in [0.1, 0.15) is 0 Å². The molecule has 26 heavy (non-hydrogen) atoms. The van der Waals surface area contributed by atoms with Crippen molar-refractivity contribution in [3.63, 3.8) is 0 Å². The minimum atomic E-state index is -3.52. The molecule has 2 amide bonds. The highest BCUT2D eigenvalue weighted by Gasteiger charge is 2.34. The quantitative estimate of drug-likeness (QED) is 0.637. The summed E-state index contributed by atoms with van der Waals surface area (Å²) in [6, 6.07) is -0.271. The summed E-state index contributed by atoms with van der Waals surface area (Å²) in [4.78, 5) is 29.8. The number of nitrogens with zero attached hydrogens (tertiary/aromatic N) is 4. The first-order valence-corrected chi connectivity index (χ1v) is 10.9. The van der Waals surface area contributed by atoms with Crippen LogP contribution in [0.3, 0.4) is 0 Å². The van der Waals surface area contributed by atoms with Crippen molar-refractivity contribution in [3.05, 3.63) is 0 Å². The van der Waals surface area contributed by atoms with Gasteiger partial charge in [-0.15, -0.1) is 0 Å². The van der Waals surface area contributed by atoms with E-state index in [4.69, 9.17) is 4.74 Å². The zero-order chi connectivity index (χ0) is 19.3. The van der Waals surface area contributed by atoms with Crippen LogP contribution in [0.2, 0.25) is 0 Å². The van der Waals surface area contributed by atoms with Crippen LogP contribution in [-0.4, -0.2) is 111 Å². The second kappa shape index (κ2) is 9.01. The molecule has 2 rings (SSSR count).